The molecule has 1 fully saturated rings. The number of aliphatic imine (C=N–C) groups is 1. The number of anilines is 1. The van der Waals surface area contributed by atoms with Gasteiger partial charge < -0.3 is 9.52 Å². The number of aryl methyl sites for hydroxylation is 2. The Hall–Kier alpha value is -5.56. The number of carbonyl (C=O) groups is 2. The van der Waals surface area contributed by atoms with Crippen LogP contribution in [0.3, 0.4) is 0 Å². The molecule has 0 bridgehead atoms. The molecule has 13 heteroatoms. The zero-order valence-corrected chi connectivity index (χ0v) is 22.8. The average Bonchev–Trinajstić information content (AvgIpc) is 3.54. The lowest BCUT2D eigenvalue weighted by Gasteiger charge is -2.18. The van der Waals surface area contributed by atoms with E-state index in [1.165, 1.54) is 53.4 Å². The van der Waals surface area contributed by atoms with E-state index in [4.69, 9.17) is 9.52 Å². The number of carbonyl (C=O) groups excluding carboxylic acids is 1. The van der Waals surface area contributed by atoms with Gasteiger partial charge in [0.15, 0.2) is 5.17 Å². The predicted molar refractivity (Wildman–Crippen MR) is 157 cm³/mol. The molecule has 1 amide bonds. The van der Waals surface area contributed by atoms with Crippen LogP contribution in [0.5, 0.6) is 0 Å². The molecule has 1 N–H and O–H groups in total. The molecule has 5 rings (SSSR count). The number of furan rings is 1. The first-order valence-corrected chi connectivity index (χ1v) is 13.1. The van der Waals surface area contributed by atoms with Gasteiger partial charge in [-0.1, -0.05) is 12.1 Å². The average molecular weight is 585 g/mol. The number of nitro groups is 2. The van der Waals surface area contributed by atoms with Crippen LogP contribution < -0.4 is 4.90 Å². The Bertz CT molecular complexity index is 1840. The minimum atomic E-state index is -1.04. The van der Waals surface area contributed by atoms with Gasteiger partial charge in [0.25, 0.3) is 17.3 Å². The molecule has 2 heterocycles. The number of nitrogens with zero attached hydrogens (tertiary/aromatic N) is 4. The number of thioether (sulfide) groups is 1. The summed E-state index contributed by atoms with van der Waals surface area (Å²) in [6.07, 6.45) is 1.54. The lowest BCUT2D eigenvalue weighted by atomic mass is 10.1. The molecular formula is C29H20N4O8S. The van der Waals surface area contributed by atoms with Gasteiger partial charge in [0, 0.05) is 35.9 Å². The Kier molecular flexibility index (Phi) is 7.42. The van der Waals surface area contributed by atoms with Gasteiger partial charge in [0.1, 0.15) is 11.5 Å². The minimum Gasteiger partial charge on any atom is -0.478 e. The van der Waals surface area contributed by atoms with Crippen LogP contribution >= 0.6 is 11.8 Å². The van der Waals surface area contributed by atoms with Gasteiger partial charge in [0.2, 0.25) is 0 Å². The summed E-state index contributed by atoms with van der Waals surface area (Å²) in [4.78, 5) is 52.5. The van der Waals surface area contributed by atoms with Crippen molar-refractivity contribution < 1.29 is 29.0 Å². The Morgan fingerprint density at radius 3 is 2.17 bits per heavy atom. The molecule has 0 aliphatic carbocycles. The molecule has 210 valence electrons. The van der Waals surface area contributed by atoms with E-state index in [9.17, 15) is 29.8 Å². The third kappa shape index (κ3) is 5.53. The molecule has 1 saturated heterocycles. The number of benzene rings is 3. The number of hydrogen-bond donors (Lipinski definition) is 1. The topological polar surface area (TPSA) is 169 Å². The normalized spacial score (nSPS) is 15.0. The molecule has 0 unspecified atom stereocenters. The summed E-state index contributed by atoms with van der Waals surface area (Å²) in [5.41, 5.74) is 2.35. The highest BCUT2D eigenvalue weighted by Crippen LogP contribution is 2.40. The number of non-ortho nitro benzene ring substituents is 2. The first-order valence-electron chi connectivity index (χ1n) is 12.3. The maximum atomic E-state index is 13.7. The fraction of sp³-hybridized carbons (Fsp3) is 0.0690. The third-order valence-electron chi connectivity index (χ3n) is 6.36. The zero-order valence-electron chi connectivity index (χ0n) is 22.0. The van der Waals surface area contributed by atoms with E-state index < -0.39 is 21.7 Å². The molecule has 12 nitrogen and oxygen atoms in total. The molecule has 0 atom stereocenters. The van der Waals surface area contributed by atoms with Crippen molar-refractivity contribution in [1.29, 1.82) is 0 Å². The van der Waals surface area contributed by atoms with Crippen molar-refractivity contribution >= 4 is 57.6 Å². The van der Waals surface area contributed by atoms with Crippen LogP contribution in [0, 0.1) is 34.1 Å². The van der Waals surface area contributed by atoms with Gasteiger partial charge in [-0.25, -0.2) is 9.79 Å². The second-order valence-corrected chi connectivity index (χ2v) is 10.2. The molecule has 1 aromatic heterocycles. The van der Waals surface area contributed by atoms with Gasteiger partial charge in [-0.2, -0.15) is 0 Å². The molecule has 1 aliphatic heterocycles. The van der Waals surface area contributed by atoms with Crippen molar-refractivity contribution in [2.24, 2.45) is 4.99 Å². The van der Waals surface area contributed by atoms with E-state index in [0.717, 1.165) is 11.8 Å². The summed E-state index contributed by atoms with van der Waals surface area (Å²) in [5.74, 6) is -0.666. The molecule has 0 saturated carbocycles. The SMILES string of the molecule is Cc1cc([N+](=O)[O-])ccc1N=C1S/C(=C/c2ccc(-c3ccc(C(=O)O)cc3)o2)C(=O)N1c1ccc([N+](=O)[O-])cc1C. The minimum absolute atomic E-state index is 0.0959. The highest BCUT2D eigenvalue weighted by atomic mass is 32.2. The van der Waals surface area contributed by atoms with Crippen molar-refractivity contribution in [1.82, 2.24) is 0 Å². The predicted octanol–water partition coefficient (Wildman–Crippen LogP) is 6.89. The van der Waals surface area contributed by atoms with Gasteiger partial charge >= 0.3 is 5.97 Å². The third-order valence-corrected chi connectivity index (χ3v) is 7.33. The van der Waals surface area contributed by atoms with Crippen LogP contribution in [-0.2, 0) is 4.79 Å². The van der Waals surface area contributed by atoms with Crippen LogP contribution in [0.4, 0.5) is 22.7 Å². The van der Waals surface area contributed by atoms with Crippen LogP contribution in [0.15, 0.2) is 87.1 Å². The summed E-state index contributed by atoms with van der Waals surface area (Å²) in [6, 6.07) is 17.8. The van der Waals surface area contributed by atoms with Crippen LogP contribution in [0.1, 0.15) is 27.2 Å². The van der Waals surface area contributed by atoms with Crippen molar-refractivity contribution in [2.75, 3.05) is 4.90 Å². The first kappa shape index (κ1) is 28.0. The lowest BCUT2D eigenvalue weighted by molar-refractivity contribution is -0.385. The highest BCUT2D eigenvalue weighted by molar-refractivity contribution is 8.19. The van der Waals surface area contributed by atoms with Crippen LogP contribution in [-0.4, -0.2) is 32.0 Å². The Morgan fingerprint density at radius 2 is 1.57 bits per heavy atom. The summed E-state index contributed by atoms with van der Waals surface area (Å²) < 4.78 is 5.91. The van der Waals surface area contributed by atoms with E-state index in [2.05, 4.69) is 4.99 Å². The Morgan fingerprint density at radius 1 is 0.929 bits per heavy atom. The maximum absolute atomic E-state index is 13.7. The second-order valence-electron chi connectivity index (χ2n) is 9.19. The van der Waals surface area contributed by atoms with Crippen molar-refractivity contribution in [3.8, 4) is 11.3 Å². The monoisotopic (exact) mass is 584 g/mol. The van der Waals surface area contributed by atoms with E-state index in [0.29, 0.717) is 39.6 Å². The van der Waals surface area contributed by atoms with E-state index in [1.807, 2.05) is 0 Å². The number of aromatic carboxylic acids is 1. The smallest absolute Gasteiger partial charge is 0.335 e. The lowest BCUT2D eigenvalue weighted by Crippen LogP contribution is -2.29. The van der Waals surface area contributed by atoms with Gasteiger partial charge in [0.05, 0.1) is 31.7 Å². The molecule has 1 aliphatic rings. The molecule has 0 radical (unpaired) electrons. The number of nitro benzene ring substituents is 2. The number of hydrogen-bond acceptors (Lipinski definition) is 9. The highest BCUT2D eigenvalue weighted by Gasteiger charge is 2.36. The quantitative estimate of drug-likeness (QED) is 0.138. The second kappa shape index (κ2) is 11.1. The molecule has 42 heavy (non-hydrogen) atoms. The van der Waals surface area contributed by atoms with Crippen molar-refractivity contribution in [3.05, 3.63) is 120 Å². The summed E-state index contributed by atoms with van der Waals surface area (Å²) in [7, 11) is 0. The molecular weight excluding hydrogens is 564 g/mol. The van der Waals surface area contributed by atoms with Crippen molar-refractivity contribution in [2.45, 2.75) is 13.8 Å². The van der Waals surface area contributed by atoms with Gasteiger partial charge in [-0.05, 0) is 73.1 Å². The molecule has 4 aromatic rings. The number of carboxylic acid groups (broad SMARTS) is 1. The summed E-state index contributed by atoms with van der Waals surface area (Å²) >= 11 is 1.05. The fourth-order valence-electron chi connectivity index (χ4n) is 4.24. The van der Waals surface area contributed by atoms with Crippen molar-refractivity contribution in [3.63, 3.8) is 0 Å². The van der Waals surface area contributed by atoms with Gasteiger partial charge in [-0.3, -0.25) is 29.9 Å². The standard InChI is InChI=1S/C29H20N4O8S/c1-16-13-20(32(37)38)7-10-23(16)30-29-31(24-11-8-21(33(39)40)14-17(24)2)27(34)26(42-29)15-22-9-12-25(41-22)18-3-5-19(6-4-18)28(35)36/h3-15H,1-2H3,(H,35,36)/b26-15+,30-29?. The van der Waals surface area contributed by atoms with E-state index in [-0.39, 0.29) is 27.0 Å². The van der Waals surface area contributed by atoms with E-state index >= 15 is 0 Å². The summed E-state index contributed by atoms with van der Waals surface area (Å²) in [6.45, 7) is 3.31. The first-order chi connectivity index (χ1) is 20.0. The Balaban J connectivity index is 1.54. The number of carboxylic acids is 1. The zero-order chi connectivity index (χ0) is 30.1. The summed E-state index contributed by atoms with van der Waals surface area (Å²) in [5, 5.41) is 31.8. The Labute approximate surface area is 241 Å². The number of amidine groups is 1. The van der Waals surface area contributed by atoms with Gasteiger partial charge in [-0.15, -0.1) is 0 Å². The largest absolute Gasteiger partial charge is 0.478 e. The maximum Gasteiger partial charge on any atom is 0.335 e. The van der Waals surface area contributed by atoms with E-state index in [1.54, 1.807) is 44.2 Å². The molecule has 0 spiro atoms. The fourth-order valence-corrected chi connectivity index (χ4v) is 5.21. The van der Waals surface area contributed by atoms with Crippen LogP contribution in [0.2, 0.25) is 0 Å². The molecule has 3 aromatic carbocycles. The van der Waals surface area contributed by atoms with Crippen LogP contribution in [0.25, 0.3) is 17.4 Å². The number of rotatable bonds is 7. The number of amides is 1.